The van der Waals surface area contributed by atoms with Crippen LogP contribution in [0.4, 0.5) is 5.69 Å². The molecule has 0 bridgehead atoms. The second-order valence-corrected chi connectivity index (χ2v) is 7.97. The number of carbonyl (C=O) groups is 1. The third-order valence-electron chi connectivity index (χ3n) is 6.27. The van der Waals surface area contributed by atoms with Crippen molar-refractivity contribution in [3.8, 4) is 0 Å². The number of fused-ring (bicyclic) bond motifs is 1. The molecule has 26 heavy (non-hydrogen) atoms. The molecule has 140 valence electrons. The molecule has 3 aliphatic heterocycles. The van der Waals surface area contributed by atoms with Crippen molar-refractivity contribution in [2.75, 3.05) is 39.8 Å². The first-order chi connectivity index (χ1) is 12.5. The van der Waals surface area contributed by atoms with Gasteiger partial charge in [-0.2, -0.15) is 0 Å². The third-order valence-corrected chi connectivity index (χ3v) is 6.27. The Morgan fingerprint density at radius 2 is 2.00 bits per heavy atom. The molecule has 3 unspecified atom stereocenters. The molecule has 7 heteroatoms. The lowest BCUT2D eigenvalue weighted by molar-refractivity contribution is -0.384. The van der Waals surface area contributed by atoms with Gasteiger partial charge in [0.05, 0.1) is 4.92 Å². The minimum atomic E-state index is -0.600. The molecule has 3 fully saturated rings. The van der Waals surface area contributed by atoms with E-state index in [-0.39, 0.29) is 17.6 Å². The molecule has 0 saturated carbocycles. The number of esters is 1. The fourth-order valence-electron chi connectivity index (χ4n) is 4.96. The number of likely N-dealkylation sites (tertiary alicyclic amines) is 1. The molecule has 1 aromatic carbocycles. The Morgan fingerprint density at radius 3 is 2.73 bits per heavy atom. The molecule has 3 atom stereocenters. The van der Waals surface area contributed by atoms with Gasteiger partial charge < -0.3 is 9.64 Å². The number of ether oxygens (including phenoxy) is 1. The molecule has 3 saturated heterocycles. The van der Waals surface area contributed by atoms with E-state index in [9.17, 15) is 14.9 Å². The van der Waals surface area contributed by atoms with E-state index in [1.54, 1.807) is 12.1 Å². The van der Waals surface area contributed by atoms with E-state index >= 15 is 0 Å². The maximum atomic E-state index is 13.1. The van der Waals surface area contributed by atoms with Crippen LogP contribution in [0.25, 0.3) is 0 Å². The second-order valence-electron chi connectivity index (χ2n) is 7.97. The zero-order valence-electron chi connectivity index (χ0n) is 15.1. The molecule has 7 nitrogen and oxygen atoms in total. The van der Waals surface area contributed by atoms with Crippen LogP contribution in [0, 0.1) is 15.5 Å². The molecule has 1 aromatic rings. The average molecular weight is 359 g/mol. The number of nitro benzene ring substituents is 1. The van der Waals surface area contributed by atoms with Gasteiger partial charge in [-0.3, -0.25) is 19.8 Å². The van der Waals surface area contributed by atoms with Gasteiger partial charge in [-0.25, -0.2) is 0 Å². The van der Waals surface area contributed by atoms with Gasteiger partial charge in [-0.05, 0) is 32.0 Å². The predicted molar refractivity (Wildman–Crippen MR) is 95.9 cm³/mol. The number of non-ortho nitro benzene ring substituents is 1. The van der Waals surface area contributed by atoms with Crippen LogP contribution in [0.15, 0.2) is 24.3 Å². The van der Waals surface area contributed by atoms with Gasteiger partial charge in [-0.15, -0.1) is 0 Å². The lowest BCUT2D eigenvalue weighted by Gasteiger charge is -2.38. The maximum Gasteiger partial charge on any atom is 0.315 e. The van der Waals surface area contributed by atoms with E-state index < -0.39 is 10.3 Å². The highest BCUT2D eigenvalue weighted by molar-refractivity contribution is 5.80. The SMILES string of the molecule is CN1CC(c2ccc([N+](=O)[O-])cc2)C2(C1)CN1CCCCC1COC2=O. The molecule has 0 radical (unpaired) electrons. The minimum absolute atomic E-state index is 0.0125. The van der Waals surface area contributed by atoms with E-state index in [2.05, 4.69) is 9.80 Å². The molecule has 3 heterocycles. The first kappa shape index (κ1) is 17.4. The maximum absolute atomic E-state index is 13.1. The van der Waals surface area contributed by atoms with Crippen molar-refractivity contribution in [3.05, 3.63) is 39.9 Å². The summed E-state index contributed by atoms with van der Waals surface area (Å²) in [5.74, 6) is -0.124. The molecule has 4 rings (SSSR count). The van der Waals surface area contributed by atoms with Gasteiger partial charge in [0, 0.05) is 43.7 Å². The summed E-state index contributed by atoms with van der Waals surface area (Å²) in [7, 11) is 2.03. The highest BCUT2D eigenvalue weighted by atomic mass is 16.6. The average Bonchev–Trinajstić information content (AvgIpc) is 2.90. The topological polar surface area (TPSA) is 75.9 Å². The number of hydrogen-bond acceptors (Lipinski definition) is 6. The van der Waals surface area contributed by atoms with Gasteiger partial charge >= 0.3 is 5.97 Å². The smallest absolute Gasteiger partial charge is 0.315 e. The molecule has 0 aliphatic carbocycles. The van der Waals surface area contributed by atoms with Crippen molar-refractivity contribution in [2.24, 2.45) is 5.41 Å². The summed E-state index contributed by atoms with van der Waals surface area (Å²) in [5, 5.41) is 11.0. The Labute approximate surface area is 153 Å². The zero-order valence-corrected chi connectivity index (χ0v) is 15.1. The summed E-state index contributed by atoms with van der Waals surface area (Å²) in [6.45, 7) is 3.63. The van der Waals surface area contributed by atoms with Gasteiger partial charge in [0.1, 0.15) is 12.0 Å². The third kappa shape index (κ3) is 2.89. The van der Waals surface area contributed by atoms with Crippen LogP contribution < -0.4 is 0 Å². The second kappa shape index (κ2) is 6.63. The normalized spacial score (nSPS) is 32.9. The van der Waals surface area contributed by atoms with Crippen molar-refractivity contribution in [3.63, 3.8) is 0 Å². The fraction of sp³-hybridized carbons (Fsp3) is 0.632. The van der Waals surface area contributed by atoms with Crippen molar-refractivity contribution in [1.82, 2.24) is 9.80 Å². The molecular formula is C19H25N3O4. The molecule has 0 N–H and O–H groups in total. The van der Waals surface area contributed by atoms with Crippen molar-refractivity contribution in [2.45, 2.75) is 31.2 Å². The van der Waals surface area contributed by atoms with Crippen molar-refractivity contribution in [1.29, 1.82) is 0 Å². The summed E-state index contributed by atoms with van der Waals surface area (Å²) in [5.41, 5.74) is 0.456. The van der Waals surface area contributed by atoms with Crippen LogP contribution in [-0.4, -0.2) is 66.6 Å². The summed E-state index contributed by atoms with van der Waals surface area (Å²) < 4.78 is 5.76. The van der Waals surface area contributed by atoms with Crippen LogP contribution >= 0.6 is 0 Å². The van der Waals surface area contributed by atoms with Crippen LogP contribution in [0.5, 0.6) is 0 Å². The molecular weight excluding hydrogens is 334 g/mol. The summed E-state index contributed by atoms with van der Waals surface area (Å²) in [4.78, 5) is 28.3. The number of carbonyl (C=O) groups excluding carboxylic acids is 1. The fourth-order valence-corrected chi connectivity index (χ4v) is 4.96. The number of cyclic esters (lactones) is 1. The number of rotatable bonds is 2. The molecule has 3 aliphatic rings. The Morgan fingerprint density at radius 1 is 1.23 bits per heavy atom. The van der Waals surface area contributed by atoms with Crippen molar-refractivity contribution >= 4 is 11.7 Å². The highest BCUT2D eigenvalue weighted by Gasteiger charge is 2.55. The van der Waals surface area contributed by atoms with E-state index in [0.717, 1.165) is 25.1 Å². The number of benzene rings is 1. The Hall–Kier alpha value is -1.99. The first-order valence-electron chi connectivity index (χ1n) is 9.34. The largest absolute Gasteiger partial charge is 0.464 e. The molecule has 1 spiro atoms. The number of nitrogens with zero attached hydrogens (tertiary/aromatic N) is 3. The van der Waals surface area contributed by atoms with Gasteiger partial charge in [0.2, 0.25) is 0 Å². The monoisotopic (exact) mass is 359 g/mol. The number of nitro groups is 1. The van der Waals surface area contributed by atoms with Crippen LogP contribution in [0.2, 0.25) is 0 Å². The van der Waals surface area contributed by atoms with Crippen LogP contribution in [0.3, 0.4) is 0 Å². The first-order valence-corrected chi connectivity index (χ1v) is 9.34. The van der Waals surface area contributed by atoms with Crippen LogP contribution in [-0.2, 0) is 9.53 Å². The molecule has 0 aromatic heterocycles. The standard InChI is InChI=1S/C19H25N3O4/c1-20-10-17(14-5-7-15(8-6-14)22(24)25)19(12-20)13-21-9-3-2-4-16(21)11-26-18(19)23/h5-8,16-17H,2-4,9-13H2,1H3. The Kier molecular flexibility index (Phi) is 4.44. The van der Waals surface area contributed by atoms with Gasteiger partial charge in [0.25, 0.3) is 5.69 Å². The molecule has 0 amide bonds. The predicted octanol–water partition coefficient (Wildman–Crippen LogP) is 2.02. The van der Waals surface area contributed by atoms with E-state index in [1.165, 1.54) is 25.0 Å². The van der Waals surface area contributed by atoms with E-state index in [4.69, 9.17) is 4.74 Å². The Balaban J connectivity index is 1.69. The number of piperidine rings is 1. The zero-order chi connectivity index (χ0) is 18.3. The minimum Gasteiger partial charge on any atom is -0.464 e. The Bertz CT molecular complexity index is 707. The summed E-state index contributed by atoms with van der Waals surface area (Å²) in [6, 6.07) is 7.00. The number of likely N-dealkylation sites (N-methyl/N-ethyl adjacent to an activating group) is 1. The summed E-state index contributed by atoms with van der Waals surface area (Å²) in [6.07, 6.45) is 3.44. The van der Waals surface area contributed by atoms with Crippen molar-refractivity contribution < 1.29 is 14.5 Å². The van der Waals surface area contributed by atoms with Gasteiger partial charge in [-0.1, -0.05) is 18.6 Å². The number of hydrogen-bond donors (Lipinski definition) is 0. The van der Waals surface area contributed by atoms with Crippen LogP contribution in [0.1, 0.15) is 30.7 Å². The van der Waals surface area contributed by atoms with Gasteiger partial charge in [0.15, 0.2) is 0 Å². The van der Waals surface area contributed by atoms with E-state index in [1.807, 2.05) is 7.05 Å². The summed E-state index contributed by atoms with van der Waals surface area (Å²) >= 11 is 0. The lowest BCUT2D eigenvalue weighted by Crippen LogP contribution is -2.49. The highest BCUT2D eigenvalue weighted by Crippen LogP contribution is 2.46. The quantitative estimate of drug-likeness (QED) is 0.457. The van der Waals surface area contributed by atoms with E-state index in [0.29, 0.717) is 25.7 Å². The lowest BCUT2D eigenvalue weighted by atomic mass is 9.73.